The van der Waals surface area contributed by atoms with Crippen molar-refractivity contribution in [2.24, 2.45) is 11.3 Å². The van der Waals surface area contributed by atoms with Crippen LogP contribution in [0.25, 0.3) is 0 Å². The molecule has 0 aliphatic heterocycles. The number of hydrogen-bond acceptors (Lipinski definition) is 2. The third-order valence-electron chi connectivity index (χ3n) is 4.26. The van der Waals surface area contributed by atoms with Crippen LogP contribution in [0.2, 0.25) is 0 Å². The Kier molecular flexibility index (Phi) is 5.93. The fraction of sp³-hybridized carbons (Fsp3) is 0.929. The van der Waals surface area contributed by atoms with Gasteiger partial charge in [-0.2, -0.15) is 0 Å². The van der Waals surface area contributed by atoms with Crippen LogP contribution >= 0.6 is 12.4 Å². The maximum absolute atomic E-state index is 11.8. The van der Waals surface area contributed by atoms with Gasteiger partial charge in [0.25, 0.3) is 0 Å². The van der Waals surface area contributed by atoms with Gasteiger partial charge in [-0.05, 0) is 43.6 Å². The van der Waals surface area contributed by atoms with E-state index in [-0.39, 0.29) is 23.7 Å². The minimum absolute atomic E-state index is 0. The third kappa shape index (κ3) is 4.77. The highest BCUT2D eigenvalue weighted by molar-refractivity contribution is 5.85. The van der Waals surface area contributed by atoms with Gasteiger partial charge in [-0.25, -0.2) is 0 Å². The van der Waals surface area contributed by atoms with Crippen molar-refractivity contribution in [2.45, 2.75) is 58.4 Å². The largest absolute Gasteiger partial charge is 0.352 e. The minimum atomic E-state index is 0. The number of nitrogens with one attached hydrogen (secondary N) is 2. The minimum Gasteiger partial charge on any atom is -0.352 e. The Balaban J connectivity index is 0.00000162. The van der Waals surface area contributed by atoms with E-state index in [1.54, 1.807) is 0 Å². The lowest BCUT2D eigenvalue weighted by Crippen LogP contribution is -2.49. The smallest absolute Gasteiger partial charge is 0.234 e. The van der Waals surface area contributed by atoms with Crippen LogP contribution in [0.15, 0.2) is 0 Å². The van der Waals surface area contributed by atoms with Crippen LogP contribution < -0.4 is 10.6 Å². The van der Waals surface area contributed by atoms with Crippen molar-refractivity contribution in [3.63, 3.8) is 0 Å². The van der Waals surface area contributed by atoms with E-state index in [1.165, 1.54) is 32.1 Å². The van der Waals surface area contributed by atoms with Crippen LogP contribution in [0, 0.1) is 11.3 Å². The van der Waals surface area contributed by atoms with Crippen molar-refractivity contribution < 1.29 is 4.79 Å². The van der Waals surface area contributed by atoms with E-state index in [9.17, 15) is 4.79 Å². The Bertz CT molecular complexity index is 277. The van der Waals surface area contributed by atoms with E-state index in [2.05, 4.69) is 24.5 Å². The lowest BCUT2D eigenvalue weighted by atomic mass is 9.73. The molecule has 2 saturated carbocycles. The van der Waals surface area contributed by atoms with Gasteiger partial charge in [0.05, 0.1) is 6.54 Å². The van der Waals surface area contributed by atoms with Crippen LogP contribution in [0.3, 0.4) is 0 Å². The van der Waals surface area contributed by atoms with Crippen LogP contribution in [0.5, 0.6) is 0 Å². The average Bonchev–Trinajstić information content (AvgIpc) is 3.05. The highest BCUT2D eigenvalue weighted by atomic mass is 35.5. The molecule has 0 heterocycles. The summed E-state index contributed by atoms with van der Waals surface area (Å²) in [6, 6.07) is 0.367. The quantitative estimate of drug-likeness (QED) is 0.809. The molecule has 2 aliphatic rings. The topological polar surface area (TPSA) is 41.1 Å². The number of hydrogen-bond donors (Lipinski definition) is 2. The van der Waals surface area contributed by atoms with Crippen molar-refractivity contribution in [1.82, 2.24) is 10.6 Å². The van der Waals surface area contributed by atoms with Gasteiger partial charge in [0.1, 0.15) is 0 Å². The SMILES string of the molecule is CC1(C)CCCCC1NC(=O)CNCC1CC1.Cl. The molecule has 4 heteroatoms. The summed E-state index contributed by atoms with van der Waals surface area (Å²) >= 11 is 0. The Hall–Kier alpha value is -0.280. The van der Waals surface area contributed by atoms with Crippen molar-refractivity contribution in [3.8, 4) is 0 Å². The second-order valence-electron chi connectivity index (χ2n) is 6.43. The second kappa shape index (κ2) is 6.76. The van der Waals surface area contributed by atoms with Crippen molar-refractivity contribution in [2.75, 3.05) is 13.1 Å². The Morgan fingerprint density at radius 1 is 1.22 bits per heavy atom. The molecular formula is C14H27ClN2O. The highest BCUT2D eigenvalue weighted by Gasteiger charge is 2.33. The summed E-state index contributed by atoms with van der Waals surface area (Å²) < 4.78 is 0. The van der Waals surface area contributed by atoms with E-state index < -0.39 is 0 Å². The maximum Gasteiger partial charge on any atom is 0.234 e. The number of halogens is 1. The van der Waals surface area contributed by atoms with Crippen molar-refractivity contribution >= 4 is 18.3 Å². The van der Waals surface area contributed by atoms with Gasteiger partial charge in [0.2, 0.25) is 5.91 Å². The number of amides is 1. The fourth-order valence-electron chi connectivity index (χ4n) is 2.72. The average molecular weight is 275 g/mol. The molecule has 0 aromatic rings. The van der Waals surface area contributed by atoms with Crippen LogP contribution in [0.1, 0.15) is 52.4 Å². The number of carbonyl (C=O) groups is 1. The predicted octanol–water partition coefficient (Wildman–Crippen LogP) is 2.49. The molecule has 0 aromatic heterocycles. The van der Waals surface area contributed by atoms with Gasteiger partial charge in [0, 0.05) is 6.04 Å². The molecule has 2 fully saturated rings. The zero-order valence-electron chi connectivity index (χ0n) is 11.6. The molecule has 106 valence electrons. The summed E-state index contributed by atoms with van der Waals surface area (Å²) in [5.74, 6) is 1.01. The van der Waals surface area contributed by atoms with Gasteiger partial charge in [0.15, 0.2) is 0 Å². The Morgan fingerprint density at radius 2 is 1.94 bits per heavy atom. The molecule has 3 nitrogen and oxygen atoms in total. The molecule has 18 heavy (non-hydrogen) atoms. The molecule has 0 saturated heterocycles. The molecule has 1 unspecified atom stereocenters. The van der Waals surface area contributed by atoms with Gasteiger partial charge < -0.3 is 10.6 Å². The number of rotatable bonds is 5. The Morgan fingerprint density at radius 3 is 2.56 bits per heavy atom. The molecule has 0 bridgehead atoms. The molecule has 0 radical (unpaired) electrons. The summed E-state index contributed by atoms with van der Waals surface area (Å²) in [5, 5.41) is 6.45. The molecule has 0 aromatic carbocycles. The standard InChI is InChI=1S/C14H26N2O.ClH/c1-14(2)8-4-3-5-12(14)16-13(17)10-15-9-11-6-7-11;/h11-12,15H,3-10H2,1-2H3,(H,16,17);1H. The van der Waals surface area contributed by atoms with E-state index in [1.807, 2.05) is 0 Å². The number of carbonyl (C=O) groups excluding carboxylic acids is 1. The highest BCUT2D eigenvalue weighted by Crippen LogP contribution is 2.35. The van der Waals surface area contributed by atoms with Crippen LogP contribution in [-0.2, 0) is 4.79 Å². The van der Waals surface area contributed by atoms with Gasteiger partial charge in [-0.3, -0.25) is 4.79 Å². The first-order valence-electron chi connectivity index (χ1n) is 7.08. The molecular weight excluding hydrogens is 248 g/mol. The van der Waals surface area contributed by atoms with Crippen LogP contribution in [0.4, 0.5) is 0 Å². The first kappa shape index (κ1) is 15.8. The molecule has 0 spiro atoms. The van der Waals surface area contributed by atoms with Crippen LogP contribution in [-0.4, -0.2) is 25.0 Å². The second-order valence-corrected chi connectivity index (χ2v) is 6.43. The molecule has 1 amide bonds. The normalized spacial score (nSPS) is 26.2. The van der Waals surface area contributed by atoms with Gasteiger partial charge in [-0.1, -0.05) is 26.7 Å². The summed E-state index contributed by atoms with van der Waals surface area (Å²) in [5.41, 5.74) is 0.268. The van der Waals surface area contributed by atoms with E-state index in [4.69, 9.17) is 0 Å². The van der Waals surface area contributed by atoms with E-state index >= 15 is 0 Å². The van der Waals surface area contributed by atoms with Crippen molar-refractivity contribution in [1.29, 1.82) is 0 Å². The molecule has 2 rings (SSSR count). The lowest BCUT2D eigenvalue weighted by molar-refractivity contribution is -0.122. The molecule has 2 N–H and O–H groups in total. The summed E-state index contributed by atoms with van der Waals surface area (Å²) in [6.45, 7) is 6.05. The first-order valence-corrected chi connectivity index (χ1v) is 7.08. The van der Waals surface area contributed by atoms with Gasteiger partial charge in [-0.15, -0.1) is 12.4 Å². The summed E-state index contributed by atoms with van der Waals surface area (Å²) in [6.07, 6.45) is 7.60. The zero-order valence-corrected chi connectivity index (χ0v) is 12.4. The maximum atomic E-state index is 11.8. The zero-order chi connectivity index (χ0) is 12.3. The van der Waals surface area contributed by atoms with Crippen molar-refractivity contribution in [3.05, 3.63) is 0 Å². The third-order valence-corrected chi connectivity index (χ3v) is 4.26. The monoisotopic (exact) mass is 274 g/mol. The Labute approximate surface area is 117 Å². The summed E-state index contributed by atoms with van der Waals surface area (Å²) in [4.78, 5) is 11.8. The fourth-order valence-corrected chi connectivity index (χ4v) is 2.72. The predicted molar refractivity (Wildman–Crippen MR) is 77.0 cm³/mol. The molecule has 2 aliphatic carbocycles. The van der Waals surface area contributed by atoms with E-state index in [0.29, 0.717) is 12.6 Å². The summed E-state index contributed by atoms with van der Waals surface area (Å²) in [7, 11) is 0. The molecule has 1 atom stereocenters. The van der Waals surface area contributed by atoms with E-state index in [0.717, 1.165) is 18.9 Å². The van der Waals surface area contributed by atoms with Gasteiger partial charge >= 0.3 is 0 Å². The lowest BCUT2D eigenvalue weighted by Gasteiger charge is -2.39. The first-order chi connectivity index (χ1) is 8.08.